The van der Waals surface area contributed by atoms with Crippen LogP contribution in [0.5, 0.6) is 5.75 Å². The third kappa shape index (κ3) is 7.43. The van der Waals surface area contributed by atoms with Gasteiger partial charge in [0.15, 0.2) is 0 Å². The van der Waals surface area contributed by atoms with Gasteiger partial charge in [0.2, 0.25) is 0 Å². The van der Waals surface area contributed by atoms with E-state index in [4.69, 9.17) is 32.9 Å². The number of hydrogen-bond donors (Lipinski definition) is 3. The first-order valence-electron chi connectivity index (χ1n) is 12.1. The number of aromatic amines is 1. The number of fused-ring (bicyclic) bond motifs is 2. The number of H-pyrrole nitrogens is 1. The van der Waals surface area contributed by atoms with Crippen LogP contribution in [-0.2, 0) is 0 Å². The SMILES string of the molecule is COc1cc(NCCCNC(c2cc3c(Cl)cc(Cl)cc3[nH]2)C(I)c2ccccc2)nc2ccccc12.Cl.Cl. The molecule has 2 aromatic heterocycles. The summed E-state index contributed by atoms with van der Waals surface area (Å²) in [4.78, 5) is 8.28. The quantitative estimate of drug-likeness (QED) is 0.0766. The van der Waals surface area contributed by atoms with Crippen molar-refractivity contribution in [1.82, 2.24) is 15.3 Å². The number of rotatable bonds is 10. The smallest absolute Gasteiger partial charge is 0.131 e. The molecule has 2 heterocycles. The summed E-state index contributed by atoms with van der Waals surface area (Å²) in [7, 11) is 1.69. The fourth-order valence-corrected chi connectivity index (χ4v) is 6.12. The lowest BCUT2D eigenvalue weighted by atomic mass is 10.0. The molecule has 39 heavy (non-hydrogen) atoms. The Hall–Kier alpha value is -1.94. The predicted octanol–water partition coefficient (Wildman–Crippen LogP) is 9.18. The minimum atomic E-state index is 0. The van der Waals surface area contributed by atoms with Crippen LogP contribution in [0, 0.1) is 0 Å². The molecule has 0 fully saturated rings. The molecule has 0 radical (unpaired) electrons. The summed E-state index contributed by atoms with van der Waals surface area (Å²) in [5.41, 5.74) is 4.19. The summed E-state index contributed by atoms with van der Waals surface area (Å²) in [6.45, 7) is 1.60. The van der Waals surface area contributed by atoms with E-state index in [0.29, 0.717) is 10.0 Å². The molecule has 0 saturated heterocycles. The number of para-hydroxylation sites is 1. The second-order valence-electron chi connectivity index (χ2n) is 8.83. The number of nitrogens with one attached hydrogen (secondary N) is 3. The van der Waals surface area contributed by atoms with Gasteiger partial charge < -0.3 is 20.4 Å². The van der Waals surface area contributed by atoms with Crippen molar-refractivity contribution in [3.8, 4) is 5.75 Å². The number of methoxy groups -OCH3 is 1. The molecule has 5 nitrogen and oxygen atoms in total. The van der Waals surface area contributed by atoms with Gasteiger partial charge in [0.25, 0.3) is 0 Å². The molecule has 0 spiro atoms. The molecule has 0 aliphatic heterocycles. The second kappa shape index (κ2) is 14.6. The van der Waals surface area contributed by atoms with Crippen LogP contribution in [0.3, 0.4) is 0 Å². The highest BCUT2D eigenvalue weighted by Gasteiger charge is 2.24. The first-order valence-corrected chi connectivity index (χ1v) is 14.1. The molecule has 0 aliphatic rings. The number of halogens is 5. The van der Waals surface area contributed by atoms with Crippen molar-refractivity contribution in [2.75, 3.05) is 25.5 Å². The predicted molar refractivity (Wildman–Crippen MR) is 178 cm³/mol. The Balaban J connectivity index is 0.00000210. The molecule has 5 rings (SSSR count). The van der Waals surface area contributed by atoms with E-state index in [-0.39, 0.29) is 34.8 Å². The van der Waals surface area contributed by atoms with Crippen LogP contribution in [0.1, 0.15) is 27.6 Å². The van der Waals surface area contributed by atoms with Crippen LogP contribution in [0.2, 0.25) is 10.0 Å². The Bertz CT molecular complexity index is 1520. The van der Waals surface area contributed by atoms with Gasteiger partial charge in [-0.2, -0.15) is 0 Å². The molecular weight excluding hydrogens is 689 g/mol. The lowest BCUT2D eigenvalue weighted by Gasteiger charge is -2.24. The fraction of sp³-hybridized carbons (Fsp3) is 0.207. The van der Waals surface area contributed by atoms with Crippen LogP contribution in [0.4, 0.5) is 5.82 Å². The van der Waals surface area contributed by atoms with Gasteiger partial charge in [-0.25, -0.2) is 4.98 Å². The fourth-order valence-electron chi connectivity index (χ4n) is 4.52. The average Bonchev–Trinajstić information content (AvgIpc) is 3.34. The number of pyridine rings is 1. The molecule has 3 aromatic carbocycles. The first kappa shape index (κ1) is 31.6. The van der Waals surface area contributed by atoms with Crippen molar-refractivity contribution in [1.29, 1.82) is 0 Å². The van der Waals surface area contributed by atoms with E-state index in [0.717, 1.165) is 58.6 Å². The Kier molecular flexibility index (Phi) is 11.8. The number of alkyl halides is 1. The van der Waals surface area contributed by atoms with Crippen molar-refractivity contribution >= 4 is 98.2 Å². The van der Waals surface area contributed by atoms with Crippen LogP contribution < -0.4 is 15.4 Å². The Morgan fingerprint density at radius 2 is 1.67 bits per heavy atom. The van der Waals surface area contributed by atoms with E-state index in [9.17, 15) is 0 Å². The van der Waals surface area contributed by atoms with Gasteiger partial charge in [-0.05, 0) is 48.9 Å². The molecule has 0 bridgehead atoms. The van der Waals surface area contributed by atoms with Crippen molar-refractivity contribution in [3.05, 3.63) is 100 Å². The van der Waals surface area contributed by atoms with Gasteiger partial charge in [-0.3, -0.25) is 0 Å². The number of nitrogens with zero attached hydrogens (tertiary/aromatic N) is 1. The topological polar surface area (TPSA) is 62.0 Å². The number of benzene rings is 3. The molecule has 2 unspecified atom stereocenters. The normalized spacial score (nSPS) is 12.4. The van der Waals surface area contributed by atoms with Crippen molar-refractivity contribution < 1.29 is 4.74 Å². The minimum absolute atomic E-state index is 0. The molecule has 5 aromatic rings. The summed E-state index contributed by atoms with van der Waals surface area (Å²) in [6, 6.07) is 26.4. The average molecular weight is 718 g/mol. The van der Waals surface area contributed by atoms with E-state index in [1.54, 1.807) is 13.2 Å². The summed E-state index contributed by atoms with van der Waals surface area (Å²) in [5.74, 6) is 1.63. The summed E-state index contributed by atoms with van der Waals surface area (Å²) in [5, 5.41) is 10.5. The van der Waals surface area contributed by atoms with E-state index in [1.807, 2.05) is 42.5 Å². The third-order valence-electron chi connectivity index (χ3n) is 6.34. The lowest BCUT2D eigenvalue weighted by Crippen LogP contribution is -2.27. The number of hydrogen-bond acceptors (Lipinski definition) is 4. The Morgan fingerprint density at radius 1 is 0.923 bits per heavy atom. The van der Waals surface area contributed by atoms with Gasteiger partial charge in [0.05, 0.1) is 27.6 Å². The molecule has 10 heteroatoms. The van der Waals surface area contributed by atoms with E-state index >= 15 is 0 Å². The second-order valence-corrected chi connectivity index (χ2v) is 11.0. The van der Waals surface area contributed by atoms with Crippen molar-refractivity contribution in [3.63, 3.8) is 0 Å². The van der Waals surface area contributed by atoms with Crippen LogP contribution in [0.15, 0.2) is 78.9 Å². The Morgan fingerprint density at radius 3 is 2.44 bits per heavy atom. The highest BCUT2D eigenvalue weighted by Crippen LogP contribution is 2.39. The molecule has 2 atom stereocenters. The monoisotopic (exact) mass is 716 g/mol. The van der Waals surface area contributed by atoms with Gasteiger partial charge in [0.1, 0.15) is 11.6 Å². The number of ether oxygens (including phenoxy) is 1. The first-order chi connectivity index (χ1) is 18.0. The number of anilines is 1. The van der Waals surface area contributed by atoms with Crippen LogP contribution in [0.25, 0.3) is 21.8 Å². The molecule has 0 amide bonds. The minimum Gasteiger partial charge on any atom is -0.496 e. The third-order valence-corrected chi connectivity index (χ3v) is 8.31. The van der Waals surface area contributed by atoms with Gasteiger partial charge in [0, 0.05) is 39.6 Å². The van der Waals surface area contributed by atoms with Crippen molar-refractivity contribution in [2.45, 2.75) is 16.4 Å². The number of aromatic nitrogens is 2. The molecular formula is C29H29Cl4IN4O. The summed E-state index contributed by atoms with van der Waals surface area (Å²) in [6.07, 6.45) is 0.915. The zero-order valence-corrected chi connectivity index (χ0v) is 26.4. The summed E-state index contributed by atoms with van der Waals surface area (Å²) >= 11 is 15.3. The van der Waals surface area contributed by atoms with Crippen molar-refractivity contribution in [2.24, 2.45) is 0 Å². The molecule has 3 N–H and O–H groups in total. The molecule has 0 saturated carbocycles. The largest absolute Gasteiger partial charge is 0.496 e. The molecule has 206 valence electrons. The lowest BCUT2D eigenvalue weighted by molar-refractivity contribution is 0.419. The maximum Gasteiger partial charge on any atom is 0.131 e. The highest BCUT2D eigenvalue weighted by atomic mass is 127. The maximum absolute atomic E-state index is 6.49. The zero-order valence-electron chi connectivity index (χ0n) is 21.1. The zero-order chi connectivity index (χ0) is 25.8. The van der Waals surface area contributed by atoms with Crippen LogP contribution >= 0.6 is 70.6 Å². The van der Waals surface area contributed by atoms with E-state index in [1.165, 1.54) is 5.56 Å². The molecule has 0 aliphatic carbocycles. The Labute approximate surface area is 264 Å². The van der Waals surface area contributed by atoms with E-state index < -0.39 is 0 Å². The van der Waals surface area contributed by atoms with Crippen LogP contribution in [-0.4, -0.2) is 30.2 Å². The van der Waals surface area contributed by atoms with Gasteiger partial charge in [-0.15, -0.1) is 24.8 Å². The maximum atomic E-state index is 6.49. The van der Waals surface area contributed by atoms with Gasteiger partial charge >= 0.3 is 0 Å². The summed E-state index contributed by atoms with van der Waals surface area (Å²) < 4.78 is 5.78. The van der Waals surface area contributed by atoms with Gasteiger partial charge in [-0.1, -0.05) is 88.3 Å². The highest BCUT2D eigenvalue weighted by molar-refractivity contribution is 14.1. The standard InChI is InChI=1S/C29H27Cl2IN4O.2ClH/c1-37-26-17-27(36-23-11-6-5-10-20(23)26)33-12-7-13-34-29(28(32)18-8-3-2-4-9-18)25-16-21-22(31)14-19(30)15-24(21)35-25;;/h2-6,8-11,14-17,28-29,34-35H,7,12-13H2,1H3,(H,33,36);2*1H. The van der Waals surface area contributed by atoms with E-state index in [2.05, 4.69) is 68.5 Å².